The van der Waals surface area contributed by atoms with Crippen molar-refractivity contribution in [2.45, 2.75) is 0 Å². The predicted molar refractivity (Wildman–Crippen MR) is 48.4 cm³/mol. The first-order valence-electron chi connectivity index (χ1n) is 3.34. The molecule has 0 spiro atoms. The summed E-state index contributed by atoms with van der Waals surface area (Å²) in [6.45, 7) is 0. The zero-order valence-corrected chi connectivity index (χ0v) is 7.67. The highest BCUT2D eigenvalue weighted by Crippen LogP contribution is 2.21. The Morgan fingerprint density at radius 1 is 1.45 bits per heavy atom. The Morgan fingerprint density at radius 3 is 3.00 bits per heavy atom. The second-order valence-electron chi connectivity index (χ2n) is 2.46. The van der Waals surface area contributed by atoms with Gasteiger partial charge in [0.05, 0.1) is 17.4 Å². The van der Waals surface area contributed by atoms with Crippen molar-refractivity contribution in [2.75, 3.05) is 0 Å². The summed E-state index contributed by atoms with van der Waals surface area (Å²) in [5, 5.41) is 0. The Labute approximate surface area is 73.0 Å². The van der Waals surface area contributed by atoms with Crippen LogP contribution in [0.2, 0.25) is 0 Å². The van der Waals surface area contributed by atoms with Crippen molar-refractivity contribution in [3.63, 3.8) is 0 Å². The molecule has 1 aromatic heterocycles. The largest absolute Gasteiger partial charge is 0.333 e. The highest BCUT2D eigenvalue weighted by atomic mass is 79.9. The molecule has 2 aromatic rings. The van der Waals surface area contributed by atoms with Gasteiger partial charge in [-0.05, 0) is 28.1 Å². The van der Waals surface area contributed by atoms with E-state index in [9.17, 15) is 0 Å². The van der Waals surface area contributed by atoms with Crippen molar-refractivity contribution < 1.29 is 0 Å². The molecule has 0 amide bonds. The maximum absolute atomic E-state index is 4.21. The van der Waals surface area contributed by atoms with Gasteiger partial charge in [0, 0.05) is 11.5 Å². The van der Waals surface area contributed by atoms with Gasteiger partial charge in [0.2, 0.25) is 0 Å². The average Bonchev–Trinajstić information content (AvgIpc) is 2.34. The van der Waals surface area contributed by atoms with Gasteiger partial charge in [0.25, 0.3) is 0 Å². The van der Waals surface area contributed by atoms with Gasteiger partial charge in [0.15, 0.2) is 0 Å². The van der Waals surface area contributed by atoms with E-state index in [0.717, 1.165) is 15.5 Å². The number of benzene rings is 1. The topological polar surface area (TPSA) is 17.8 Å². The van der Waals surface area contributed by atoms with Gasteiger partial charge in [0.1, 0.15) is 0 Å². The van der Waals surface area contributed by atoms with Gasteiger partial charge in [-0.25, -0.2) is 4.98 Å². The first-order valence-corrected chi connectivity index (χ1v) is 4.14. The van der Waals surface area contributed by atoms with Gasteiger partial charge < -0.3 is 4.57 Å². The van der Waals surface area contributed by atoms with E-state index in [1.54, 1.807) is 0 Å². The molecule has 0 unspecified atom stereocenters. The summed E-state index contributed by atoms with van der Waals surface area (Å²) >= 11 is 3.47. The molecule has 56 valence electrons. The summed E-state index contributed by atoms with van der Waals surface area (Å²) in [5.74, 6) is 0. The highest BCUT2D eigenvalue weighted by Gasteiger charge is 2.01. The van der Waals surface area contributed by atoms with E-state index in [1.165, 1.54) is 0 Å². The summed E-state index contributed by atoms with van der Waals surface area (Å²) in [4.78, 5) is 4.21. The van der Waals surface area contributed by atoms with Gasteiger partial charge in [-0.3, -0.25) is 0 Å². The summed E-state index contributed by atoms with van der Waals surface area (Å²) < 4.78 is 3.09. The van der Waals surface area contributed by atoms with Crippen LogP contribution in [-0.4, -0.2) is 9.55 Å². The van der Waals surface area contributed by atoms with E-state index < -0.39 is 0 Å². The maximum Gasteiger partial charge on any atom is 0.0955 e. The first kappa shape index (κ1) is 6.85. The van der Waals surface area contributed by atoms with Crippen molar-refractivity contribution in [1.82, 2.24) is 9.55 Å². The van der Waals surface area contributed by atoms with Crippen LogP contribution in [0, 0.1) is 0 Å². The average molecular weight is 211 g/mol. The molecule has 0 aliphatic rings. The number of para-hydroxylation sites is 1. The lowest BCUT2D eigenvalue weighted by atomic mass is 10.3. The number of rotatable bonds is 0. The number of fused-ring (bicyclic) bond motifs is 1. The molecule has 0 N–H and O–H groups in total. The standard InChI is InChI=1S/C8H7BrN2/c1-11-5-10-7-4-2-3-6(9)8(7)11/h2-5H,1H3. The van der Waals surface area contributed by atoms with Crippen LogP contribution in [0.5, 0.6) is 0 Å². The normalized spacial score (nSPS) is 10.7. The molecular weight excluding hydrogens is 204 g/mol. The molecule has 1 heterocycles. The number of aromatic nitrogens is 2. The van der Waals surface area contributed by atoms with Crippen LogP contribution in [-0.2, 0) is 7.05 Å². The summed E-state index contributed by atoms with van der Waals surface area (Å²) in [7, 11) is 1.99. The van der Waals surface area contributed by atoms with Gasteiger partial charge >= 0.3 is 0 Å². The molecule has 2 rings (SSSR count). The van der Waals surface area contributed by atoms with Crippen LogP contribution in [0.3, 0.4) is 0 Å². The van der Waals surface area contributed by atoms with Gasteiger partial charge in [-0.15, -0.1) is 0 Å². The molecule has 2 nitrogen and oxygen atoms in total. The van der Waals surface area contributed by atoms with Crippen molar-refractivity contribution in [2.24, 2.45) is 7.05 Å². The number of aryl methyl sites for hydroxylation is 1. The fraction of sp³-hybridized carbons (Fsp3) is 0.125. The molecule has 0 saturated carbocycles. The minimum absolute atomic E-state index is 1.03. The number of hydrogen-bond donors (Lipinski definition) is 0. The Morgan fingerprint density at radius 2 is 2.27 bits per heavy atom. The zero-order valence-electron chi connectivity index (χ0n) is 6.08. The number of hydrogen-bond acceptors (Lipinski definition) is 1. The Hall–Kier alpha value is -0.830. The lowest BCUT2D eigenvalue weighted by molar-refractivity contribution is 0.945. The van der Waals surface area contributed by atoms with Crippen LogP contribution >= 0.6 is 15.9 Å². The van der Waals surface area contributed by atoms with Crippen molar-refractivity contribution in [3.8, 4) is 0 Å². The highest BCUT2D eigenvalue weighted by molar-refractivity contribution is 9.10. The lowest BCUT2D eigenvalue weighted by Gasteiger charge is -1.95. The van der Waals surface area contributed by atoms with E-state index in [1.807, 2.05) is 36.1 Å². The molecule has 0 aliphatic carbocycles. The fourth-order valence-electron chi connectivity index (χ4n) is 1.16. The second-order valence-corrected chi connectivity index (χ2v) is 3.32. The van der Waals surface area contributed by atoms with E-state index in [0.29, 0.717) is 0 Å². The number of nitrogens with zero attached hydrogens (tertiary/aromatic N) is 2. The maximum atomic E-state index is 4.21. The molecule has 0 saturated heterocycles. The summed E-state index contributed by atoms with van der Waals surface area (Å²) in [6, 6.07) is 6.00. The number of halogens is 1. The quantitative estimate of drug-likeness (QED) is 0.653. The van der Waals surface area contributed by atoms with Gasteiger partial charge in [-0.1, -0.05) is 6.07 Å². The third-order valence-electron chi connectivity index (χ3n) is 1.69. The predicted octanol–water partition coefficient (Wildman–Crippen LogP) is 2.34. The second kappa shape index (κ2) is 2.34. The molecule has 3 heteroatoms. The van der Waals surface area contributed by atoms with Crippen molar-refractivity contribution >= 4 is 27.0 Å². The molecule has 0 bridgehead atoms. The van der Waals surface area contributed by atoms with Crippen LogP contribution in [0.15, 0.2) is 29.0 Å². The number of imidazole rings is 1. The van der Waals surface area contributed by atoms with Crippen LogP contribution < -0.4 is 0 Å². The summed E-state index contributed by atoms with van der Waals surface area (Å²) in [6.07, 6.45) is 1.81. The molecule has 1 aromatic carbocycles. The van der Waals surface area contributed by atoms with E-state index >= 15 is 0 Å². The lowest BCUT2D eigenvalue weighted by Crippen LogP contribution is -1.83. The fourth-order valence-corrected chi connectivity index (χ4v) is 1.80. The molecule has 0 fully saturated rings. The Kier molecular flexibility index (Phi) is 1.46. The molecule has 0 aliphatic heterocycles. The first-order chi connectivity index (χ1) is 5.29. The SMILES string of the molecule is Cn1cnc2cccc(Br)c21. The summed E-state index contributed by atoms with van der Waals surface area (Å²) in [5.41, 5.74) is 2.18. The Bertz CT molecular complexity index is 392. The monoisotopic (exact) mass is 210 g/mol. The molecule has 0 radical (unpaired) electrons. The minimum Gasteiger partial charge on any atom is -0.333 e. The Balaban J connectivity index is 2.96. The van der Waals surface area contributed by atoms with Crippen LogP contribution in [0.25, 0.3) is 11.0 Å². The zero-order chi connectivity index (χ0) is 7.84. The van der Waals surface area contributed by atoms with E-state index in [4.69, 9.17) is 0 Å². The van der Waals surface area contributed by atoms with Crippen molar-refractivity contribution in [3.05, 3.63) is 29.0 Å². The molecule has 11 heavy (non-hydrogen) atoms. The third-order valence-corrected chi connectivity index (χ3v) is 2.33. The third kappa shape index (κ3) is 0.959. The van der Waals surface area contributed by atoms with Crippen molar-refractivity contribution in [1.29, 1.82) is 0 Å². The van der Waals surface area contributed by atoms with Crippen LogP contribution in [0.4, 0.5) is 0 Å². The molecule has 0 atom stereocenters. The smallest absolute Gasteiger partial charge is 0.0955 e. The van der Waals surface area contributed by atoms with Crippen LogP contribution in [0.1, 0.15) is 0 Å². The van der Waals surface area contributed by atoms with Gasteiger partial charge in [-0.2, -0.15) is 0 Å². The van der Waals surface area contributed by atoms with E-state index in [2.05, 4.69) is 20.9 Å². The minimum atomic E-state index is 1.03. The molecular formula is C8H7BrN2. The van der Waals surface area contributed by atoms with E-state index in [-0.39, 0.29) is 0 Å².